The zero-order valence-corrected chi connectivity index (χ0v) is 15.9. The molecular formula is C22H22FN3O3. The Morgan fingerprint density at radius 3 is 2.66 bits per heavy atom. The van der Waals surface area contributed by atoms with Crippen molar-refractivity contribution in [1.29, 1.82) is 0 Å². The molecule has 1 aromatic heterocycles. The normalized spacial score (nSPS) is 16.0. The molecule has 1 amide bonds. The van der Waals surface area contributed by atoms with Crippen molar-refractivity contribution < 1.29 is 18.7 Å². The van der Waals surface area contributed by atoms with Crippen LogP contribution in [-0.2, 0) is 11.4 Å². The van der Waals surface area contributed by atoms with Gasteiger partial charge in [-0.15, -0.1) is 0 Å². The fourth-order valence-corrected chi connectivity index (χ4v) is 3.34. The van der Waals surface area contributed by atoms with Crippen LogP contribution in [-0.4, -0.2) is 40.7 Å². The summed E-state index contributed by atoms with van der Waals surface area (Å²) in [6.07, 6.45) is 0.861. The number of likely N-dealkylation sites (tertiary alicyclic amines) is 1. The molecule has 2 heterocycles. The number of hydrogen-bond donors (Lipinski definition) is 1. The Morgan fingerprint density at radius 2 is 1.86 bits per heavy atom. The van der Waals surface area contributed by atoms with E-state index in [1.165, 1.54) is 12.1 Å². The summed E-state index contributed by atoms with van der Waals surface area (Å²) in [6.45, 7) is 1.67. The first kappa shape index (κ1) is 19.0. The van der Waals surface area contributed by atoms with Crippen LogP contribution >= 0.6 is 0 Å². The SMILES string of the molecule is O=C(COc1ccccc1)N1CCC(c2cc(COc3ccc(F)cc3)[nH]n2)C1. The number of ether oxygens (including phenoxy) is 2. The van der Waals surface area contributed by atoms with E-state index >= 15 is 0 Å². The Labute approximate surface area is 168 Å². The van der Waals surface area contributed by atoms with Gasteiger partial charge in [0.15, 0.2) is 6.61 Å². The highest BCUT2D eigenvalue weighted by Crippen LogP contribution is 2.26. The number of halogens is 1. The van der Waals surface area contributed by atoms with Crippen molar-refractivity contribution in [2.75, 3.05) is 19.7 Å². The molecule has 1 saturated heterocycles. The van der Waals surface area contributed by atoms with Crippen molar-refractivity contribution >= 4 is 5.91 Å². The third kappa shape index (κ3) is 4.93. The van der Waals surface area contributed by atoms with Gasteiger partial charge in [-0.25, -0.2) is 4.39 Å². The zero-order chi connectivity index (χ0) is 20.1. The average molecular weight is 395 g/mol. The number of nitrogens with one attached hydrogen (secondary N) is 1. The summed E-state index contributed by atoms with van der Waals surface area (Å²) in [5, 5.41) is 7.36. The second kappa shape index (κ2) is 8.77. The second-order valence-electron chi connectivity index (χ2n) is 6.99. The molecule has 1 fully saturated rings. The molecule has 150 valence electrons. The Morgan fingerprint density at radius 1 is 1.10 bits per heavy atom. The van der Waals surface area contributed by atoms with Gasteiger partial charge >= 0.3 is 0 Å². The molecule has 0 saturated carbocycles. The minimum absolute atomic E-state index is 0.0215. The standard InChI is InChI=1S/C22H22FN3O3/c23-17-6-8-20(9-7-17)28-14-18-12-21(25-24-18)16-10-11-26(13-16)22(27)15-29-19-4-2-1-3-5-19/h1-9,12,16H,10-11,13-15H2,(H,24,25). The maximum absolute atomic E-state index is 12.9. The predicted octanol–water partition coefficient (Wildman–Crippen LogP) is 3.52. The van der Waals surface area contributed by atoms with Crippen LogP contribution in [0.1, 0.15) is 23.7 Å². The lowest BCUT2D eigenvalue weighted by Gasteiger charge is -2.16. The lowest BCUT2D eigenvalue weighted by molar-refractivity contribution is -0.132. The minimum atomic E-state index is -0.296. The number of aromatic nitrogens is 2. The lowest BCUT2D eigenvalue weighted by Crippen LogP contribution is -2.32. The van der Waals surface area contributed by atoms with E-state index in [2.05, 4.69) is 10.2 Å². The minimum Gasteiger partial charge on any atom is -0.487 e. The van der Waals surface area contributed by atoms with Crippen molar-refractivity contribution in [3.05, 3.63) is 77.9 Å². The first-order valence-corrected chi connectivity index (χ1v) is 9.55. The van der Waals surface area contributed by atoms with Gasteiger partial charge < -0.3 is 14.4 Å². The molecule has 1 aliphatic heterocycles. The number of nitrogens with zero attached hydrogens (tertiary/aromatic N) is 2. The molecule has 7 heteroatoms. The molecule has 2 aromatic carbocycles. The largest absolute Gasteiger partial charge is 0.487 e. The van der Waals surface area contributed by atoms with Crippen LogP contribution in [0.15, 0.2) is 60.7 Å². The van der Waals surface area contributed by atoms with Crippen molar-refractivity contribution in [3.8, 4) is 11.5 Å². The second-order valence-corrected chi connectivity index (χ2v) is 6.99. The number of carbonyl (C=O) groups excluding carboxylic acids is 1. The molecular weight excluding hydrogens is 373 g/mol. The third-order valence-corrected chi connectivity index (χ3v) is 4.92. The van der Waals surface area contributed by atoms with E-state index in [0.29, 0.717) is 31.2 Å². The van der Waals surface area contributed by atoms with E-state index in [1.807, 2.05) is 41.3 Å². The monoisotopic (exact) mass is 395 g/mol. The average Bonchev–Trinajstić information content (AvgIpc) is 3.42. The van der Waals surface area contributed by atoms with Gasteiger partial charge in [-0.3, -0.25) is 9.89 Å². The number of aromatic amines is 1. The summed E-state index contributed by atoms with van der Waals surface area (Å²) < 4.78 is 24.1. The molecule has 0 bridgehead atoms. The number of rotatable bonds is 7. The van der Waals surface area contributed by atoms with Gasteiger partial charge in [-0.05, 0) is 48.9 Å². The van der Waals surface area contributed by atoms with Gasteiger partial charge in [0.1, 0.15) is 23.9 Å². The van der Waals surface area contributed by atoms with Gasteiger partial charge in [0.2, 0.25) is 0 Å². The van der Waals surface area contributed by atoms with Crippen LogP contribution in [0, 0.1) is 5.82 Å². The summed E-state index contributed by atoms with van der Waals surface area (Å²) in [7, 11) is 0. The molecule has 1 N–H and O–H groups in total. The highest BCUT2D eigenvalue weighted by molar-refractivity contribution is 5.78. The van der Waals surface area contributed by atoms with Gasteiger partial charge in [0.25, 0.3) is 5.91 Å². The molecule has 1 atom stereocenters. The van der Waals surface area contributed by atoms with E-state index in [-0.39, 0.29) is 24.2 Å². The van der Waals surface area contributed by atoms with Gasteiger partial charge in [0, 0.05) is 19.0 Å². The number of benzene rings is 2. The van der Waals surface area contributed by atoms with E-state index < -0.39 is 0 Å². The number of para-hydroxylation sites is 1. The zero-order valence-electron chi connectivity index (χ0n) is 15.9. The maximum Gasteiger partial charge on any atom is 0.260 e. The van der Waals surface area contributed by atoms with Crippen LogP contribution in [0.3, 0.4) is 0 Å². The van der Waals surface area contributed by atoms with Crippen molar-refractivity contribution in [2.24, 2.45) is 0 Å². The molecule has 29 heavy (non-hydrogen) atoms. The Hall–Kier alpha value is -3.35. The highest BCUT2D eigenvalue weighted by atomic mass is 19.1. The van der Waals surface area contributed by atoms with E-state index in [9.17, 15) is 9.18 Å². The molecule has 6 nitrogen and oxygen atoms in total. The predicted molar refractivity (Wildman–Crippen MR) is 105 cm³/mol. The Bertz CT molecular complexity index is 943. The molecule has 0 spiro atoms. The highest BCUT2D eigenvalue weighted by Gasteiger charge is 2.29. The van der Waals surface area contributed by atoms with Crippen LogP contribution in [0.25, 0.3) is 0 Å². The van der Waals surface area contributed by atoms with Crippen molar-refractivity contribution in [1.82, 2.24) is 15.1 Å². The Kier molecular flexibility index (Phi) is 5.74. The van der Waals surface area contributed by atoms with Crippen LogP contribution in [0.5, 0.6) is 11.5 Å². The maximum atomic E-state index is 12.9. The van der Waals surface area contributed by atoms with Crippen LogP contribution in [0.2, 0.25) is 0 Å². The summed E-state index contributed by atoms with van der Waals surface area (Å²) in [4.78, 5) is 14.2. The van der Waals surface area contributed by atoms with E-state index in [1.54, 1.807) is 12.1 Å². The van der Waals surface area contributed by atoms with Crippen molar-refractivity contribution in [2.45, 2.75) is 18.9 Å². The molecule has 0 radical (unpaired) electrons. The lowest BCUT2D eigenvalue weighted by atomic mass is 10.1. The van der Waals surface area contributed by atoms with Gasteiger partial charge in [-0.2, -0.15) is 5.10 Å². The number of hydrogen-bond acceptors (Lipinski definition) is 4. The fourth-order valence-electron chi connectivity index (χ4n) is 3.34. The fraction of sp³-hybridized carbons (Fsp3) is 0.273. The molecule has 1 unspecified atom stereocenters. The number of H-pyrrole nitrogens is 1. The topological polar surface area (TPSA) is 67.4 Å². The summed E-state index contributed by atoms with van der Waals surface area (Å²) >= 11 is 0. The third-order valence-electron chi connectivity index (χ3n) is 4.92. The first-order chi connectivity index (χ1) is 14.2. The summed E-state index contributed by atoms with van der Waals surface area (Å²) in [6, 6.07) is 17.2. The smallest absolute Gasteiger partial charge is 0.260 e. The Balaban J connectivity index is 1.26. The summed E-state index contributed by atoms with van der Waals surface area (Å²) in [5.41, 5.74) is 1.75. The number of amides is 1. The van der Waals surface area contributed by atoms with Crippen molar-refractivity contribution in [3.63, 3.8) is 0 Å². The first-order valence-electron chi connectivity index (χ1n) is 9.55. The molecule has 1 aliphatic rings. The quantitative estimate of drug-likeness (QED) is 0.665. The summed E-state index contributed by atoms with van der Waals surface area (Å²) in [5.74, 6) is 1.15. The van der Waals surface area contributed by atoms with Crippen LogP contribution < -0.4 is 9.47 Å². The molecule has 4 rings (SSSR count). The molecule has 3 aromatic rings. The van der Waals surface area contributed by atoms with E-state index in [0.717, 1.165) is 17.8 Å². The van der Waals surface area contributed by atoms with Gasteiger partial charge in [-0.1, -0.05) is 18.2 Å². The number of carbonyl (C=O) groups is 1. The van der Waals surface area contributed by atoms with Gasteiger partial charge in [0.05, 0.1) is 11.4 Å². The molecule has 0 aliphatic carbocycles. The van der Waals surface area contributed by atoms with E-state index in [4.69, 9.17) is 9.47 Å². The van der Waals surface area contributed by atoms with Crippen LogP contribution in [0.4, 0.5) is 4.39 Å².